The van der Waals surface area contributed by atoms with Gasteiger partial charge < -0.3 is 4.90 Å². The lowest BCUT2D eigenvalue weighted by atomic mass is 10.1. The molecule has 31 heavy (non-hydrogen) atoms. The van der Waals surface area contributed by atoms with Gasteiger partial charge in [0.2, 0.25) is 5.91 Å². The molecule has 12 heteroatoms. The number of rotatable bonds is 3. The van der Waals surface area contributed by atoms with Gasteiger partial charge >= 0.3 is 6.18 Å². The number of anilines is 1. The summed E-state index contributed by atoms with van der Waals surface area (Å²) in [4.78, 5) is 36.3. The third-order valence-corrected chi connectivity index (χ3v) is 6.55. The first-order valence-corrected chi connectivity index (χ1v) is 10.8. The molecule has 3 aromatic heterocycles. The topological polar surface area (TPSA) is 70.8 Å². The van der Waals surface area contributed by atoms with Crippen molar-refractivity contribution < 1.29 is 22.8 Å². The highest BCUT2D eigenvalue weighted by Crippen LogP contribution is 2.43. The summed E-state index contributed by atoms with van der Waals surface area (Å²) < 4.78 is 42.1. The zero-order valence-corrected chi connectivity index (χ0v) is 17.5. The lowest BCUT2D eigenvalue weighted by molar-refractivity contribution is -0.136. The SMILES string of the molecule is O=C(c1nc2c(C(F)(F)F)cc(C3CC3)cn2c1Cl)N1CCN(c2nccs2)C(=O)C1. The maximum atomic E-state index is 13.7. The number of carbonyl (C=O) groups excluding carboxylic acids is 2. The van der Waals surface area contributed by atoms with Gasteiger partial charge in [-0.3, -0.25) is 18.9 Å². The Labute approximate surface area is 183 Å². The van der Waals surface area contributed by atoms with E-state index in [-0.39, 0.29) is 42.3 Å². The van der Waals surface area contributed by atoms with Crippen molar-refractivity contribution in [3.05, 3.63) is 45.8 Å². The van der Waals surface area contributed by atoms with E-state index in [4.69, 9.17) is 11.6 Å². The molecule has 0 atom stereocenters. The second-order valence-corrected chi connectivity index (χ2v) is 8.72. The first-order valence-electron chi connectivity index (χ1n) is 9.52. The lowest BCUT2D eigenvalue weighted by Gasteiger charge is -2.32. The molecule has 1 saturated heterocycles. The van der Waals surface area contributed by atoms with Gasteiger partial charge in [0, 0.05) is 30.9 Å². The molecule has 5 rings (SSSR count). The molecule has 1 aliphatic carbocycles. The molecule has 0 aromatic carbocycles. The molecule has 0 radical (unpaired) electrons. The van der Waals surface area contributed by atoms with Gasteiger partial charge in [0.25, 0.3) is 5.91 Å². The van der Waals surface area contributed by atoms with E-state index >= 15 is 0 Å². The Balaban J connectivity index is 1.48. The van der Waals surface area contributed by atoms with Gasteiger partial charge in [0.05, 0.1) is 5.56 Å². The number of fused-ring (bicyclic) bond motifs is 1. The van der Waals surface area contributed by atoms with Gasteiger partial charge in [-0.2, -0.15) is 13.2 Å². The number of imidazole rings is 1. The van der Waals surface area contributed by atoms with E-state index in [1.807, 2.05) is 0 Å². The molecule has 1 saturated carbocycles. The van der Waals surface area contributed by atoms with Crippen LogP contribution in [-0.2, 0) is 11.0 Å². The minimum Gasteiger partial charge on any atom is -0.326 e. The van der Waals surface area contributed by atoms with Gasteiger partial charge in [0.1, 0.15) is 11.7 Å². The van der Waals surface area contributed by atoms with E-state index < -0.39 is 23.3 Å². The van der Waals surface area contributed by atoms with Crippen LogP contribution in [0.2, 0.25) is 5.15 Å². The highest BCUT2D eigenvalue weighted by molar-refractivity contribution is 7.13. The Morgan fingerprint density at radius 3 is 2.65 bits per heavy atom. The first-order chi connectivity index (χ1) is 14.7. The van der Waals surface area contributed by atoms with Gasteiger partial charge in [0.15, 0.2) is 16.5 Å². The Morgan fingerprint density at radius 2 is 2.03 bits per heavy atom. The number of hydrogen-bond donors (Lipinski definition) is 0. The molecule has 0 unspecified atom stereocenters. The molecule has 162 valence electrons. The molecular weight excluding hydrogens is 455 g/mol. The molecule has 4 heterocycles. The maximum absolute atomic E-state index is 13.7. The van der Waals surface area contributed by atoms with Crippen molar-refractivity contribution in [2.75, 3.05) is 24.5 Å². The third-order valence-electron chi connectivity index (χ3n) is 5.40. The number of pyridine rings is 1. The summed E-state index contributed by atoms with van der Waals surface area (Å²) in [7, 11) is 0. The van der Waals surface area contributed by atoms with Crippen molar-refractivity contribution >= 4 is 45.5 Å². The van der Waals surface area contributed by atoms with Gasteiger partial charge in [-0.15, -0.1) is 11.3 Å². The number of carbonyl (C=O) groups is 2. The fourth-order valence-corrected chi connectivity index (χ4v) is 4.61. The minimum absolute atomic E-state index is 0.0553. The zero-order chi connectivity index (χ0) is 21.9. The summed E-state index contributed by atoms with van der Waals surface area (Å²) in [6.07, 6.45) is 0.0739. The monoisotopic (exact) mass is 469 g/mol. The van der Waals surface area contributed by atoms with E-state index in [9.17, 15) is 22.8 Å². The van der Waals surface area contributed by atoms with Crippen molar-refractivity contribution in [3.8, 4) is 0 Å². The second kappa shape index (κ2) is 7.20. The highest BCUT2D eigenvalue weighted by atomic mass is 35.5. The molecule has 0 bridgehead atoms. The number of alkyl halides is 3. The summed E-state index contributed by atoms with van der Waals surface area (Å²) in [5.41, 5.74) is -1.12. The first kappa shape index (κ1) is 20.3. The average molecular weight is 470 g/mol. The van der Waals surface area contributed by atoms with E-state index in [2.05, 4.69) is 9.97 Å². The van der Waals surface area contributed by atoms with Crippen LogP contribution >= 0.6 is 22.9 Å². The fourth-order valence-electron chi connectivity index (χ4n) is 3.67. The molecule has 7 nitrogen and oxygen atoms in total. The molecule has 1 aliphatic heterocycles. The highest BCUT2D eigenvalue weighted by Gasteiger charge is 2.38. The largest absolute Gasteiger partial charge is 0.419 e. The summed E-state index contributed by atoms with van der Waals surface area (Å²) in [6, 6.07) is 1.08. The Morgan fingerprint density at radius 1 is 1.26 bits per heavy atom. The van der Waals surface area contributed by atoms with Gasteiger partial charge in [-0.05, 0) is 30.4 Å². The summed E-state index contributed by atoms with van der Waals surface area (Å²) in [5.74, 6) is -0.956. The summed E-state index contributed by atoms with van der Waals surface area (Å²) >= 11 is 7.62. The van der Waals surface area contributed by atoms with Crippen molar-refractivity contribution in [1.82, 2.24) is 19.3 Å². The smallest absolute Gasteiger partial charge is 0.326 e. The molecule has 2 aliphatic rings. The number of thiazole rings is 1. The standard InChI is InChI=1S/C19H15ClF3N5O2S/c20-15-14(17(30)26-4-5-27(13(29)9-26)18-24-3-6-31-18)25-16-12(19(21,22)23)7-11(8-28(15)16)10-1-2-10/h3,6-8,10H,1-2,4-5,9H2. The number of piperazine rings is 1. The minimum atomic E-state index is -4.64. The third kappa shape index (κ3) is 3.55. The van der Waals surface area contributed by atoms with Crippen LogP contribution < -0.4 is 4.90 Å². The Bertz CT molecular complexity index is 1190. The number of aromatic nitrogens is 3. The fraction of sp³-hybridized carbons (Fsp3) is 0.368. The number of hydrogen-bond acceptors (Lipinski definition) is 5. The van der Waals surface area contributed by atoms with E-state index in [1.165, 1.54) is 27.3 Å². The second-order valence-electron chi connectivity index (χ2n) is 7.49. The van der Waals surface area contributed by atoms with Crippen molar-refractivity contribution in [2.24, 2.45) is 0 Å². The van der Waals surface area contributed by atoms with E-state index in [0.29, 0.717) is 10.7 Å². The average Bonchev–Trinajstić information content (AvgIpc) is 3.33. The summed E-state index contributed by atoms with van der Waals surface area (Å²) in [6.45, 7) is 0.179. The number of amides is 2. The lowest BCUT2D eigenvalue weighted by Crippen LogP contribution is -2.52. The number of halogens is 4. The van der Waals surface area contributed by atoms with Crippen LogP contribution in [0.3, 0.4) is 0 Å². The van der Waals surface area contributed by atoms with E-state index in [1.54, 1.807) is 11.6 Å². The van der Waals surface area contributed by atoms with Gasteiger partial charge in [-0.25, -0.2) is 9.97 Å². The number of nitrogens with zero attached hydrogens (tertiary/aromatic N) is 5. The Hall–Kier alpha value is -2.66. The predicted octanol–water partition coefficient (Wildman–Crippen LogP) is 3.83. The molecule has 2 amide bonds. The van der Waals surface area contributed by atoms with Crippen LogP contribution in [0.4, 0.5) is 18.3 Å². The van der Waals surface area contributed by atoms with Crippen LogP contribution in [0.5, 0.6) is 0 Å². The zero-order valence-electron chi connectivity index (χ0n) is 15.9. The summed E-state index contributed by atoms with van der Waals surface area (Å²) in [5, 5.41) is 2.08. The quantitative estimate of drug-likeness (QED) is 0.584. The normalized spacial score (nSPS) is 17.6. The van der Waals surface area contributed by atoms with Crippen LogP contribution in [0.1, 0.15) is 40.4 Å². The molecule has 0 spiro atoms. The maximum Gasteiger partial charge on any atom is 0.419 e. The van der Waals surface area contributed by atoms with Crippen LogP contribution in [-0.4, -0.2) is 50.7 Å². The van der Waals surface area contributed by atoms with Crippen molar-refractivity contribution in [3.63, 3.8) is 0 Å². The van der Waals surface area contributed by atoms with Crippen molar-refractivity contribution in [1.29, 1.82) is 0 Å². The van der Waals surface area contributed by atoms with Crippen LogP contribution in [0.25, 0.3) is 5.65 Å². The van der Waals surface area contributed by atoms with E-state index in [0.717, 1.165) is 23.3 Å². The van der Waals surface area contributed by atoms with Crippen LogP contribution in [0, 0.1) is 0 Å². The Kier molecular flexibility index (Phi) is 4.70. The van der Waals surface area contributed by atoms with Gasteiger partial charge in [-0.1, -0.05) is 11.6 Å². The molecule has 3 aromatic rings. The molecule has 2 fully saturated rings. The predicted molar refractivity (Wildman–Crippen MR) is 108 cm³/mol. The van der Waals surface area contributed by atoms with Crippen molar-refractivity contribution in [2.45, 2.75) is 24.9 Å². The van der Waals surface area contributed by atoms with Crippen LogP contribution in [0.15, 0.2) is 23.8 Å². The molecule has 0 N–H and O–H groups in total. The molecular formula is C19H15ClF3N5O2S.